The summed E-state index contributed by atoms with van der Waals surface area (Å²) in [5.41, 5.74) is 6.29. The van der Waals surface area contributed by atoms with Gasteiger partial charge in [-0.3, -0.25) is 14.5 Å². The van der Waals surface area contributed by atoms with Gasteiger partial charge in [-0.1, -0.05) is 11.2 Å². The molecule has 2 amide bonds. The van der Waals surface area contributed by atoms with Crippen LogP contribution in [0.3, 0.4) is 0 Å². The molecule has 35 heavy (non-hydrogen) atoms. The number of hydrogen-bond acceptors (Lipinski definition) is 11. The van der Waals surface area contributed by atoms with Crippen LogP contribution in [0.1, 0.15) is 5.69 Å². The number of carboxylic acid groups (broad SMARTS) is 1. The van der Waals surface area contributed by atoms with Crippen molar-refractivity contribution in [2.45, 2.75) is 24.1 Å². The zero-order valence-corrected chi connectivity index (χ0v) is 20.6. The summed E-state index contributed by atoms with van der Waals surface area (Å²) in [4.78, 5) is 48.8. The molecular weight excluding hydrogens is 512 g/mol. The number of anilines is 1. The Hall–Kier alpha value is -3.10. The molecule has 3 aliphatic rings. The molecule has 5 rings (SSSR count). The van der Waals surface area contributed by atoms with Crippen molar-refractivity contribution in [3.05, 3.63) is 52.9 Å². The van der Waals surface area contributed by atoms with Gasteiger partial charge in [-0.25, -0.2) is 9.55 Å². The molecule has 0 radical (unpaired) electrons. The van der Waals surface area contributed by atoms with E-state index in [-0.39, 0.29) is 28.3 Å². The maximum Gasteiger partial charge on any atom is 0.276 e. The quantitative estimate of drug-likeness (QED) is 0.188. The molecule has 2 saturated heterocycles. The lowest BCUT2D eigenvalue weighted by atomic mass is 10.0. The van der Waals surface area contributed by atoms with Crippen molar-refractivity contribution < 1.29 is 28.9 Å². The van der Waals surface area contributed by atoms with Crippen molar-refractivity contribution in [1.29, 1.82) is 0 Å². The number of aliphatic carboxylic acids is 1. The Morgan fingerprint density at radius 3 is 2.71 bits per heavy atom. The fourth-order valence-corrected chi connectivity index (χ4v) is 6.20. The zero-order valence-electron chi connectivity index (χ0n) is 18.2. The van der Waals surface area contributed by atoms with E-state index in [2.05, 4.69) is 15.5 Å². The van der Waals surface area contributed by atoms with Gasteiger partial charge in [-0.2, -0.15) is 11.8 Å². The molecule has 11 nitrogen and oxygen atoms in total. The van der Waals surface area contributed by atoms with E-state index in [0.29, 0.717) is 17.9 Å². The number of rotatable bonds is 8. The standard InChI is InChI=1S/C21H20N6O5S3/c22-21-23-13(10-35-21)14(25-32-12-8-33-9-12)17(28)24-15-18(29)27-16(20(30)31)11(7-34-19(15)27)6-26-4-2-1-3-5-26/h1-5,10,12,15,19H,6-9H2,(H3-,22,23,24,28,30,31)/b25-14-/t15?,19-/m1/s1. The van der Waals surface area contributed by atoms with Crippen LogP contribution in [0.25, 0.3) is 0 Å². The van der Waals surface area contributed by atoms with Crippen LogP contribution < -0.4 is 20.7 Å². The Morgan fingerprint density at radius 2 is 2.09 bits per heavy atom. The number of nitrogens with one attached hydrogen (secondary N) is 1. The van der Waals surface area contributed by atoms with E-state index < -0.39 is 29.2 Å². The highest BCUT2D eigenvalue weighted by atomic mass is 32.2. The molecule has 0 spiro atoms. The first-order chi connectivity index (χ1) is 16.9. The van der Waals surface area contributed by atoms with Gasteiger partial charge in [-0.05, 0) is 0 Å². The third-order valence-corrected chi connectivity index (χ3v) is 8.79. The number of oxime groups is 1. The normalized spacial score (nSPS) is 22.2. The van der Waals surface area contributed by atoms with Crippen LogP contribution in [0.4, 0.5) is 5.13 Å². The Labute approximate surface area is 212 Å². The molecule has 2 aromatic heterocycles. The number of pyridine rings is 1. The Kier molecular flexibility index (Phi) is 6.67. The van der Waals surface area contributed by atoms with Crippen LogP contribution in [-0.4, -0.2) is 68.2 Å². The van der Waals surface area contributed by atoms with Crippen molar-refractivity contribution in [3.8, 4) is 0 Å². The summed E-state index contributed by atoms with van der Waals surface area (Å²) < 4.78 is 1.82. The highest BCUT2D eigenvalue weighted by Crippen LogP contribution is 2.40. The highest BCUT2D eigenvalue weighted by molar-refractivity contribution is 8.00. The minimum absolute atomic E-state index is 0.0845. The number of thiazole rings is 1. The highest BCUT2D eigenvalue weighted by Gasteiger charge is 2.53. The third kappa shape index (κ3) is 4.73. The van der Waals surface area contributed by atoms with E-state index in [9.17, 15) is 19.5 Å². The zero-order chi connectivity index (χ0) is 24.5. The van der Waals surface area contributed by atoms with Gasteiger partial charge in [-0.15, -0.1) is 23.1 Å². The average Bonchev–Trinajstić information content (AvgIpc) is 3.24. The molecule has 0 aromatic carbocycles. The molecule has 3 aliphatic heterocycles. The second-order valence-corrected chi connectivity index (χ2v) is 11.0. The smallest absolute Gasteiger partial charge is 0.276 e. The van der Waals surface area contributed by atoms with Gasteiger partial charge < -0.3 is 25.8 Å². The lowest BCUT2D eigenvalue weighted by Crippen LogP contribution is -2.71. The number of nitrogens with two attached hydrogens (primary N) is 1. The van der Waals surface area contributed by atoms with Gasteiger partial charge in [0.2, 0.25) is 0 Å². The predicted octanol–water partition coefficient (Wildman–Crippen LogP) is -1.05. The van der Waals surface area contributed by atoms with Gasteiger partial charge in [0.1, 0.15) is 23.2 Å². The lowest BCUT2D eigenvalue weighted by Gasteiger charge is -2.50. The summed E-state index contributed by atoms with van der Waals surface area (Å²) in [7, 11) is 0. The first-order valence-corrected chi connectivity index (χ1v) is 13.7. The molecule has 5 heterocycles. The van der Waals surface area contributed by atoms with Crippen molar-refractivity contribution in [1.82, 2.24) is 15.2 Å². The van der Waals surface area contributed by atoms with E-state index in [1.165, 1.54) is 16.7 Å². The van der Waals surface area contributed by atoms with E-state index in [1.54, 1.807) is 17.1 Å². The number of β-lactam (4-membered cyclic amide) rings is 1. The van der Waals surface area contributed by atoms with Gasteiger partial charge in [0.25, 0.3) is 11.8 Å². The van der Waals surface area contributed by atoms with Gasteiger partial charge in [0.05, 0.1) is 11.7 Å². The van der Waals surface area contributed by atoms with E-state index in [0.717, 1.165) is 22.8 Å². The van der Waals surface area contributed by atoms with Crippen molar-refractivity contribution >= 4 is 63.5 Å². The molecule has 14 heteroatoms. The van der Waals surface area contributed by atoms with E-state index >= 15 is 0 Å². The van der Waals surface area contributed by atoms with Gasteiger partial charge in [0, 0.05) is 40.3 Å². The van der Waals surface area contributed by atoms with Crippen LogP contribution in [0, 0.1) is 0 Å². The Balaban J connectivity index is 1.33. The second-order valence-electron chi connectivity index (χ2n) is 7.92. The molecule has 3 N–H and O–H groups in total. The van der Waals surface area contributed by atoms with E-state index in [1.807, 2.05) is 35.2 Å². The number of thioether (sulfide) groups is 2. The monoisotopic (exact) mass is 532 g/mol. The maximum atomic E-state index is 13.1. The van der Waals surface area contributed by atoms with Crippen molar-refractivity contribution in [2.24, 2.45) is 5.16 Å². The Bertz CT molecular complexity index is 1230. The average molecular weight is 533 g/mol. The SMILES string of the molecule is Nc1nc(/C(=N/OC2CSC2)C(=O)NC2C(=O)N3C(C(=O)[O-])=C(C[n+]4ccccc4)CS[C@H]23)cs1. The summed E-state index contributed by atoms with van der Waals surface area (Å²) in [6.45, 7) is 0.309. The summed E-state index contributed by atoms with van der Waals surface area (Å²) in [6, 6.07) is 4.60. The van der Waals surface area contributed by atoms with Gasteiger partial charge in [0.15, 0.2) is 29.8 Å². The summed E-state index contributed by atoms with van der Waals surface area (Å²) in [5, 5.41) is 19.9. The minimum Gasteiger partial charge on any atom is -0.543 e. The Morgan fingerprint density at radius 1 is 1.31 bits per heavy atom. The summed E-state index contributed by atoms with van der Waals surface area (Å²) >= 11 is 4.24. The topological polar surface area (TPSA) is 154 Å². The lowest BCUT2D eigenvalue weighted by molar-refractivity contribution is -0.689. The van der Waals surface area contributed by atoms with Crippen LogP contribution in [0.15, 0.2) is 52.4 Å². The molecule has 182 valence electrons. The molecule has 0 saturated carbocycles. The molecule has 0 bridgehead atoms. The largest absolute Gasteiger partial charge is 0.543 e. The van der Waals surface area contributed by atoms with E-state index in [4.69, 9.17) is 10.6 Å². The molecule has 1 unspecified atom stereocenters. The number of fused-ring (bicyclic) bond motifs is 1. The number of nitrogens with zero attached hydrogens (tertiary/aromatic N) is 4. The first-order valence-electron chi connectivity index (χ1n) is 10.6. The first kappa shape index (κ1) is 23.6. The second kappa shape index (κ2) is 9.87. The molecule has 2 fully saturated rings. The number of carbonyl (C=O) groups is 3. The van der Waals surface area contributed by atoms with Crippen LogP contribution in [-0.2, 0) is 25.8 Å². The maximum absolute atomic E-state index is 13.1. The third-order valence-electron chi connectivity index (χ3n) is 5.56. The number of hydrogen-bond donors (Lipinski definition) is 2. The molecule has 2 aromatic rings. The number of carboxylic acids is 1. The number of nitrogen functional groups attached to an aromatic ring is 1. The molecule has 0 aliphatic carbocycles. The fourth-order valence-electron chi connectivity index (χ4n) is 3.77. The fraction of sp³-hybridized carbons (Fsp3) is 0.333. The summed E-state index contributed by atoms with van der Waals surface area (Å²) in [5.74, 6) is -0.683. The summed E-state index contributed by atoms with van der Waals surface area (Å²) in [6.07, 6.45) is 3.53. The number of carbonyl (C=O) groups excluding carboxylic acids is 3. The van der Waals surface area contributed by atoms with Crippen LogP contribution in [0.5, 0.6) is 0 Å². The van der Waals surface area contributed by atoms with Crippen LogP contribution >= 0.6 is 34.9 Å². The van der Waals surface area contributed by atoms with Crippen molar-refractivity contribution in [3.63, 3.8) is 0 Å². The number of amides is 2. The number of aromatic nitrogens is 2. The minimum atomic E-state index is -1.42. The van der Waals surface area contributed by atoms with Crippen LogP contribution in [0.2, 0.25) is 0 Å². The molecule has 2 atom stereocenters. The van der Waals surface area contributed by atoms with Crippen molar-refractivity contribution in [2.75, 3.05) is 23.0 Å². The predicted molar refractivity (Wildman–Crippen MR) is 129 cm³/mol. The van der Waals surface area contributed by atoms with Gasteiger partial charge >= 0.3 is 0 Å². The molecular formula is C21H20N6O5S3.